The molecule has 0 aliphatic heterocycles. The zero-order valence-corrected chi connectivity index (χ0v) is 8.23. The average Bonchev–Trinajstić information content (AvgIpc) is 2.22. The normalized spacial score (nSPS) is 9.27. The van der Waals surface area contributed by atoms with Crippen molar-refractivity contribution in [1.82, 2.24) is 5.32 Å². The number of phenolic OH excluding ortho intramolecular Hbond substituents is 1. The fourth-order valence-corrected chi connectivity index (χ4v) is 1.15. The van der Waals surface area contributed by atoms with Crippen LogP contribution in [0, 0.1) is 11.3 Å². The number of rotatable bonds is 4. The van der Waals surface area contributed by atoms with Crippen molar-refractivity contribution in [3.05, 3.63) is 29.8 Å². The number of benzene rings is 1. The summed E-state index contributed by atoms with van der Waals surface area (Å²) in [6, 6.07) is 8.63. The standard InChI is InChI=1S/C11H12N2O2/c12-6-3-7-13-11(15)8-9-4-1-2-5-10(9)14/h1-2,4-5,14H,3,7-8H2,(H,13,15). The number of para-hydroxylation sites is 1. The molecule has 0 bridgehead atoms. The van der Waals surface area contributed by atoms with E-state index in [1.54, 1.807) is 18.2 Å². The molecular formula is C11H12N2O2. The number of hydrogen-bond donors (Lipinski definition) is 2. The second kappa shape index (κ2) is 5.66. The molecule has 1 rings (SSSR count). The third kappa shape index (κ3) is 3.69. The topological polar surface area (TPSA) is 73.1 Å². The van der Waals surface area contributed by atoms with Crippen LogP contribution in [0.5, 0.6) is 5.75 Å². The Labute approximate surface area is 88.2 Å². The summed E-state index contributed by atoms with van der Waals surface area (Å²) in [5, 5.41) is 20.3. The van der Waals surface area contributed by atoms with Crippen LogP contribution in [0.25, 0.3) is 0 Å². The number of nitrogens with one attached hydrogen (secondary N) is 1. The third-order valence-electron chi connectivity index (χ3n) is 1.90. The summed E-state index contributed by atoms with van der Waals surface area (Å²) >= 11 is 0. The summed E-state index contributed by atoms with van der Waals surface area (Å²) in [4.78, 5) is 11.3. The Morgan fingerprint density at radius 2 is 2.20 bits per heavy atom. The van der Waals surface area contributed by atoms with E-state index in [1.807, 2.05) is 6.07 Å². The van der Waals surface area contributed by atoms with E-state index in [0.29, 0.717) is 18.5 Å². The first kappa shape index (κ1) is 11.1. The lowest BCUT2D eigenvalue weighted by Gasteiger charge is -2.04. The summed E-state index contributed by atoms with van der Waals surface area (Å²) in [6.45, 7) is 0.350. The predicted molar refractivity (Wildman–Crippen MR) is 55.1 cm³/mol. The second-order valence-electron chi connectivity index (χ2n) is 3.06. The van der Waals surface area contributed by atoms with Crippen LogP contribution in [0.2, 0.25) is 0 Å². The van der Waals surface area contributed by atoms with Gasteiger partial charge in [0.1, 0.15) is 5.75 Å². The molecule has 1 aromatic carbocycles. The largest absolute Gasteiger partial charge is 0.508 e. The van der Waals surface area contributed by atoms with Gasteiger partial charge in [-0.25, -0.2) is 0 Å². The number of nitrogens with zero attached hydrogens (tertiary/aromatic N) is 1. The Bertz CT molecular complexity index is 382. The molecule has 0 aliphatic rings. The molecule has 15 heavy (non-hydrogen) atoms. The van der Waals surface area contributed by atoms with Gasteiger partial charge >= 0.3 is 0 Å². The van der Waals surface area contributed by atoms with E-state index < -0.39 is 0 Å². The molecule has 0 aromatic heterocycles. The van der Waals surface area contributed by atoms with Crippen molar-refractivity contribution in [2.24, 2.45) is 0 Å². The molecule has 0 heterocycles. The van der Waals surface area contributed by atoms with Gasteiger partial charge in [-0.05, 0) is 6.07 Å². The van der Waals surface area contributed by atoms with E-state index in [9.17, 15) is 9.90 Å². The molecule has 0 saturated heterocycles. The molecule has 0 atom stereocenters. The van der Waals surface area contributed by atoms with Crippen LogP contribution in [-0.2, 0) is 11.2 Å². The van der Waals surface area contributed by atoms with Gasteiger partial charge in [0, 0.05) is 12.1 Å². The van der Waals surface area contributed by atoms with Gasteiger partial charge in [0.25, 0.3) is 0 Å². The monoisotopic (exact) mass is 204 g/mol. The number of hydrogen-bond acceptors (Lipinski definition) is 3. The zero-order chi connectivity index (χ0) is 11.1. The van der Waals surface area contributed by atoms with Crippen LogP contribution in [0.1, 0.15) is 12.0 Å². The summed E-state index contributed by atoms with van der Waals surface area (Å²) in [5.74, 6) is -0.0697. The molecule has 78 valence electrons. The number of aromatic hydroxyl groups is 1. The van der Waals surface area contributed by atoms with Crippen molar-refractivity contribution in [2.75, 3.05) is 6.54 Å². The molecule has 0 fully saturated rings. The van der Waals surface area contributed by atoms with E-state index >= 15 is 0 Å². The Kier molecular flexibility index (Phi) is 4.17. The highest BCUT2D eigenvalue weighted by Gasteiger charge is 2.05. The van der Waals surface area contributed by atoms with Crippen LogP contribution in [0.15, 0.2) is 24.3 Å². The molecule has 1 aromatic rings. The van der Waals surface area contributed by atoms with Crippen molar-refractivity contribution in [2.45, 2.75) is 12.8 Å². The molecule has 0 radical (unpaired) electrons. The Morgan fingerprint density at radius 3 is 2.87 bits per heavy atom. The fourth-order valence-electron chi connectivity index (χ4n) is 1.15. The summed E-state index contributed by atoms with van der Waals surface area (Å²) in [5.41, 5.74) is 0.590. The van der Waals surface area contributed by atoms with Crippen LogP contribution < -0.4 is 5.32 Å². The molecular weight excluding hydrogens is 192 g/mol. The van der Waals surface area contributed by atoms with Gasteiger partial charge in [0.15, 0.2) is 0 Å². The van der Waals surface area contributed by atoms with Gasteiger partial charge in [-0.1, -0.05) is 18.2 Å². The number of carbonyl (C=O) groups is 1. The van der Waals surface area contributed by atoms with Gasteiger partial charge in [-0.15, -0.1) is 0 Å². The molecule has 0 aliphatic carbocycles. The molecule has 4 heteroatoms. The highest BCUT2D eigenvalue weighted by molar-refractivity contribution is 5.79. The number of amides is 1. The molecule has 0 saturated carbocycles. The smallest absolute Gasteiger partial charge is 0.224 e. The van der Waals surface area contributed by atoms with E-state index in [2.05, 4.69) is 5.32 Å². The van der Waals surface area contributed by atoms with Gasteiger partial charge in [-0.2, -0.15) is 5.26 Å². The quantitative estimate of drug-likeness (QED) is 0.717. The predicted octanol–water partition coefficient (Wildman–Crippen LogP) is 0.965. The van der Waals surface area contributed by atoms with Crippen LogP contribution in [0.4, 0.5) is 0 Å². The molecule has 1 amide bonds. The van der Waals surface area contributed by atoms with Crippen LogP contribution in [-0.4, -0.2) is 17.6 Å². The number of nitriles is 1. The number of carbonyl (C=O) groups excluding carboxylic acids is 1. The van der Waals surface area contributed by atoms with Crippen LogP contribution in [0.3, 0.4) is 0 Å². The molecule has 2 N–H and O–H groups in total. The minimum Gasteiger partial charge on any atom is -0.508 e. The maximum Gasteiger partial charge on any atom is 0.224 e. The molecule has 0 unspecified atom stereocenters. The van der Waals surface area contributed by atoms with Gasteiger partial charge in [-0.3, -0.25) is 4.79 Å². The first-order chi connectivity index (χ1) is 7.24. The zero-order valence-electron chi connectivity index (χ0n) is 8.23. The molecule has 4 nitrogen and oxygen atoms in total. The first-order valence-electron chi connectivity index (χ1n) is 4.64. The van der Waals surface area contributed by atoms with E-state index in [-0.39, 0.29) is 18.1 Å². The van der Waals surface area contributed by atoms with Gasteiger partial charge < -0.3 is 10.4 Å². The minimum absolute atomic E-state index is 0.118. The SMILES string of the molecule is N#CCCNC(=O)Cc1ccccc1O. The van der Waals surface area contributed by atoms with Gasteiger partial charge in [0.05, 0.1) is 18.9 Å². The molecule has 0 spiro atoms. The van der Waals surface area contributed by atoms with E-state index in [1.165, 1.54) is 6.07 Å². The highest BCUT2D eigenvalue weighted by atomic mass is 16.3. The van der Waals surface area contributed by atoms with Crippen molar-refractivity contribution >= 4 is 5.91 Å². The van der Waals surface area contributed by atoms with Crippen molar-refractivity contribution < 1.29 is 9.90 Å². The van der Waals surface area contributed by atoms with Crippen molar-refractivity contribution in [3.8, 4) is 11.8 Å². The van der Waals surface area contributed by atoms with E-state index in [0.717, 1.165) is 0 Å². The Hall–Kier alpha value is -2.02. The lowest BCUT2D eigenvalue weighted by Crippen LogP contribution is -2.25. The van der Waals surface area contributed by atoms with Crippen molar-refractivity contribution in [3.63, 3.8) is 0 Å². The first-order valence-corrected chi connectivity index (χ1v) is 4.64. The highest BCUT2D eigenvalue weighted by Crippen LogP contribution is 2.15. The average molecular weight is 204 g/mol. The Balaban J connectivity index is 2.45. The Morgan fingerprint density at radius 1 is 1.47 bits per heavy atom. The summed E-state index contributed by atoms with van der Waals surface area (Å²) in [7, 11) is 0. The maximum atomic E-state index is 11.3. The third-order valence-corrected chi connectivity index (χ3v) is 1.90. The maximum absolute atomic E-state index is 11.3. The van der Waals surface area contributed by atoms with E-state index in [4.69, 9.17) is 5.26 Å². The summed E-state index contributed by atoms with van der Waals surface area (Å²) < 4.78 is 0. The second-order valence-corrected chi connectivity index (χ2v) is 3.06. The minimum atomic E-state index is -0.188. The number of phenols is 1. The van der Waals surface area contributed by atoms with Crippen LogP contribution >= 0.6 is 0 Å². The fraction of sp³-hybridized carbons (Fsp3) is 0.273. The van der Waals surface area contributed by atoms with Crippen molar-refractivity contribution in [1.29, 1.82) is 5.26 Å². The lowest BCUT2D eigenvalue weighted by molar-refractivity contribution is -0.120. The lowest BCUT2D eigenvalue weighted by atomic mass is 10.1. The summed E-state index contributed by atoms with van der Waals surface area (Å²) in [6.07, 6.45) is 0.435. The van der Waals surface area contributed by atoms with Gasteiger partial charge in [0.2, 0.25) is 5.91 Å².